The number of hydrogen-bond donors (Lipinski definition) is 1. The van der Waals surface area contributed by atoms with E-state index in [1.165, 1.54) is 6.07 Å². The molecule has 1 rings (SSSR count). The third kappa shape index (κ3) is 2.25. The maximum atomic E-state index is 12.9. The second-order valence-electron chi connectivity index (χ2n) is 2.76. The zero-order valence-corrected chi connectivity index (χ0v) is 7.27. The zero-order valence-electron chi connectivity index (χ0n) is 7.27. The minimum absolute atomic E-state index is 0.244. The summed E-state index contributed by atoms with van der Waals surface area (Å²) in [6, 6.07) is 2.40. The molecule has 0 fully saturated rings. The molecule has 0 amide bonds. The van der Waals surface area contributed by atoms with E-state index < -0.39 is 24.2 Å². The first kappa shape index (κ1) is 11.5. The van der Waals surface area contributed by atoms with Crippen molar-refractivity contribution in [1.82, 2.24) is 0 Å². The molecule has 0 aliphatic rings. The van der Waals surface area contributed by atoms with Gasteiger partial charge < -0.3 is 5.11 Å². The standard InChI is InChI=1S/C9H5F4NO/c10-8-2-5(3-14)6(4-15)1-7(8)9(11,12)13/h1-2,15H,4H2. The number of benzene rings is 1. The summed E-state index contributed by atoms with van der Waals surface area (Å²) in [4.78, 5) is 0. The molecule has 1 aromatic rings. The van der Waals surface area contributed by atoms with Crippen LogP contribution in [0, 0.1) is 17.1 Å². The van der Waals surface area contributed by atoms with Crippen molar-refractivity contribution in [3.05, 3.63) is 34.6 Å². The lowest BCUT2D eigenvalue weighted by atomic mass is 10.0. The Balaban J connectivity index is 3.41. The van der Waals surface area contributed by atoms with Crippen LogP contribution in [-0.4, -0.2) is 5.11 Å². The van der Waals surface area contributed by atoms with E-state index in [9.17, 15) is 17.6 Å². The molecule has 0 spiro atoms. The van der Waals surface area contributed by atoms with E-state index in [0.717, 1.165) is 0 Å². The van der Waals surface area contributed by atoms with Crippen molar-refractivity contribution in [3.63, 3.8) is 0 Å². The summed E-state index contributed by atoms with van der Waals surface area (Å²) >= 11 is 0. The van der Waals surface area contributed by atoms with Gasteiger partial charge >= 0.3 is 6.18 Å². The van der Waals surface area contributed by atoms with E-state index in [1.807, 2.05) is 0 Å². The number of nitrogens with zero attached hydrogens (tertiary/aromatic N) is 1. The normalized spacial score (nSPS) is 11.2. The van der Waals surface area contributed by atoms with E-state index in [2.05, 4.69) is 0 Å². The number of alkyl halides is 3. The van der Waals surface area contributed by atoms with E-state index in [-0.39, 0.29) is 11.1 Å². The summed E-state index contributed by atoms with van der Waals surface area (Å²) in [5.74, 6) is -1.52. The average Bonchev–Trinajstić information content (AvgIpc) is 2.15. The molecule has 1 aromatic carbocycles. The number of aliphatic hydroxyl groups excluding tert-OH is 1. The number of rotatable bonds is 1. The summed E-state index contributed by atoms with van der Waals surface area (Å²) in [6.45, 7) is -0.744. The van der Waals surface area contributed by atoms with Gasteiger partial charge in [0.05, 0.1) is 23.8 Å². The van der Waals surface area contributed by atoms with Crippen LogP contribution >= 0.6 is 0 Å². The quantitative estimate of drug-likeness (QED) is 0.736. The van der Waals surface area contributed by atoms with Crippen molar-refractivity contribution >= 4 is 0 Å². The first-order chi connectivity index (χ1) is 6.90. The molecule has 1 N–H and O–H groups in total. The Morgan fingerprint density at radius 3 is 2.33 bits per heavy atom. The predicted octanol–water partition coefficient (Wildman–Crippen LogP) is 2.21. The molecular weight excluding hydrogens is 214 g/mol. The fraction of sp³-hybridized carbons (Fsp3) is 0.222. The lowest BCUT2D eigenvalue weighted by Crippen LogP contribution is -2.10. The first-order valence-electron chi connectivity index (χ1n) is 3.80. The van der Waals surface area contributed by atoms with Gasteiger partial charge in [-0.05, 0) is 17.7 Å². The van der Waals surface area contributed by atoms with Crippen LogP contribution in [0.4, 0.5) is 17.6 Å². The molecule has 0 saturated carbocycles. The van der Waals surface area contributed by atoms with Crippen LogP contribution in [0.2, 0.25) is 0 Å². The molecule has 0 heterocycles. The van der Waals surface area contributed by atoms with Crippen LogP contribution < -0.4 is 0 Å². The molecule has 80 valence electrons. The van der Waals surface area contributed by atoms with Crippen molar-refractivity contribution in [2.45, 2.75) is 12.8 Å². The maximum Gasteiger partial charge on any atom is 0.419 e. The Labute approximate surface area is 82.4 Å². The molecule has 0 aliphatic heterocycles. The number of hydrogen-bond acceptors (Lipinski definition) is 2. The van der Waals surface area contributed by atoms with Crippen LogP contribution in [0.15, 0.2) is 12.1 Å². The molecule has 0 bridgehead atoms. The molecule has 0 atom stereocenters. The van der Waals surface area contributed by atoms with Gasteiger partial charge in [0, 0.05) is 0 Å². The minimum atomic E-state index is -4.83. The fourth-order valence-corrected chi connectivity index (χ4v) is 1.07. The zero-order chi connectivity index (χ0) is 11.6. The Kier molecular flexibility index (Phi) is 2.95. The van der Waals surface area contributed by atoms with Gasteiger partial charge in [0.1, 0.15) is 5.82 Å². The van der Waals surface area contributed by atoms with Crippen LogP contribution in [0.5, 0.6) is 0 Å². The van der Waals surface area contributed by atoms with Gasteiger partial charge in [0.15, 0.2) is 0 Å². The highest BCUT2D eigenvalue weighted by Gasteiger charge is 2.34. The topological polar surface area (TPSA) is 44.0 Å². The van der Waals surface area contributed by atoms with Crippen molar-refractivity contribution in [2.75, 3.05) is 0 Å². The summed E-state index contributed by atoms with van der Waals surface area (Å²) < 4.78 is 49.5. The number of nitriles is 1. The fourth-order valence-electron chi connectivity index (χ4n) is 1.07. The van der Waals surface area contributed by atoms with Gasteiger partial charge in [-0.25, -0.2) is 4.39 Å². The highest BCUT2D eigenvalue weighted by Crippen LogP contribution is 2.32. The third-order valence-electron chi connectivity index (χ3n) is 1.79. The molecule has 0 aliphatic carbocycles. The van der Waals surface area contributed by atoms with Crippen LogP contribution in [0.1, 0.15) is 16.7 Å². The summed E-state index contributed by atoms with van der Waals surface area (Å²) in [6.07, 6.45) is -4.83. The lowest BCUT2D eigenvalue weighted by Gasteiger charge is -2.10. The van der Waals surface area contributed by atoms with Crippen LogP contribution in [0.25, 0.3) is 0 Å². The van der Waals surface area contributed by atoms with Gasteiger partial charge in [-0.1, -0.05) is 0 Å². The molecule has 0 aromatic heterocycles. The Morgan fingerprint density at radius 2 is 1.93 bits per heavy atom. The highest BCUT2D eigenvalue weighted by molar-refractivity contribution is 5.41. The van der Waals surface area contributed by atoms with Crippen LogP contribution in [0.3, 0.4) is 0 Å². The van der Waals surface area contributed by atoms with Gasteiger partial charge in [-0.3, -0.25) is 0 Å². The monoisotopic (exact) mass is 219 g/mol. The average molecular weight is 219 g/mol. The van der Waals surface area contributed by atoms with Crippen LogP contribution in [-0.2, 0) is 12.8 Å². The third-order valence-corrected chi connectivity index (χ3v) is 1.79. The van der Waals surface area contributed by atoms with E-state index in [4.69, 9.17) is 10.4 Å². The van der Waals surface area contributed by atoms with Gasteiger partial charge in [0.25, 0.3) is 0 Å². The second kappa shape index (κ2) is 3.87. The number of aliphatic hydroxyl groups is 1. The molecule has 0 unspecified atom stereocenters. The van der Waals surface area contributed by atoms with Gasteiger partial charge in [0.2, 0.25) is 0 Å². The molecule has 0 radical (unpaired) electrons. The van der Waals surface area contributed by atoms with Crippen molar-refractivity contribution < 1.29 is 22.7 Å². The highest BCUT2D eigenvalue weighted by atomic mass is 19.4. The minimum Gasteiger partial charge on any atom is -0.392 e. The molecule has 2 nitrogen and oxygen atoms in total. The molecular formula is C9H5F4NO. The SMILES string of the molecule is N#Cc1cc(F)c(C(F)(F)F)cc1CO. The Hall–Kier alpha value is -1.61. The summed E-state index contributed by atoms with van der Waals surface area (Å²) in [5.41, 5.74) is -2.03. The smallest absolute Gasteiger partial charge is 0.392 e. The molecule has 6 heteroatoms. The van der Waals surface area contributed by atoms with Crippen molar-refractivity contribution in [3.8, 4) is 6.07 Å². The largest absolute Gasteiger partial charge is 0.419 e. The van der Waals surface area contributed by atoms with Crippen molar-refractivity contribution in [2.24, 2.45) is 0 Å². The van der Waals surface area contributed by atoms with E-state index >= 15 is 0 Å². The summed E-state index contributed by atoms with van der Waals surface area (Å²) in [7, 11) is 0. The second-order valence-corrected chi connectivity index (χ2v) is 2.76. The Morgan fingerprint density at radius 1 is 1.33 bits per heavy atom. The lowest BCUT2D eigenvalue weighted by molar-refractivity contribution is -0.140. The van der Waals surface area contributed by atoms with E-state index in [0.29, 0.717) is 12.1 Å². The Bertz CT molecular complexity index is 419. The molecule has 0 saturated heterocycles. The number of halogens is 4. The van der Waals surface area contributed by atoms with E-state index in [1.54, 1.807) is 0 Å². The predicted molar refractivity (Wildman–Crippen MR) is 42.0 cm³/mol. The summed E-state index contributed by atoms with van der Waals surface area (Å²) in [5, 5.41) is 17.1. The first-order valence-corrected chi connectivity index (χ1v) is 3.80. The molecule has 15 heavy (non-hydrogen) atoms. The van der Waals surface area contributed by atoms with Crippen molar-refractivity contribution in [1.29, 1.82) is 5.26 Å². The maximum absolute atomic E-state index is 12.9. The van der Waals surface area contributed by atoms with Gasteiger partial charge in [-0.15, -0.1) is 0 Å². The van der Waals surface area contributed by atoms with Gasteiger partial charge in [-0.2, -0.15) is 18.4 Å².